The fourth-order valence-corrected chi connectivity index (χ4v) is 6.65. The fourth-order valence-electron chi connectivity index (χ4n) is 3.88. The number of fused-ring (bicyclic) bond motifs is 1. The lowest BCUT2D eigenvalue weighted by molar-refractivity contribution is -0.359. The molecular formula is C26H31F9O4S2. The van der Waals surface area contributed by atoms with Gasteiger partial charge < -0.3 is 9.29 Å². The van der Waals surface area contributed by atoms with Gasteiger partial charge in [-0.3, -0.25) is 0 Å². The molecule has 0 bridgehead atoms. The summed E-state index contributed by atoms with van der Waals surface area (Å²) in [4.78, 5) is 1.55. The first-order chi connectivity index (χ1) is 18.8. The maximum atomic E-state index is 13.0. The highest BCUT2D eigenvalue weighted by Crippen LogP contribution is 2.55. The van der Waals surface area contributed by atoms with Crippen molar-refractivity contribution in [2.45, 2.75) is 86.5 Å². The average molecular weight is 643 g/mol. The quantitative estimate of drug-likeness (QED) is 0.102. The molecule has 1 fully saturated rings. The van der Waals surface area contributed by atoms with Crippen LogP contribution < -0.4 is 4.74 Å². The zero-order valence-corrected chi connectivity index (χ0v) is 23.9. The number of alkyl halides is 9. The Morgan fingerprint density at radius 1 is 0.878 bits per heavy atom. The van der Waals surface area contributed by atoms with Crippen molar-refractivity contribution in [3.8, 4) is 5.75 Å². The van der Waals surface area contributed by atoms with Crippen molar-refractivity contribution in [3.05, 3.63) is 36.4 Å². The molecule has 1 unspecified atom stereocenters. The van der Waals surface area contributed by atoms with Gasteiger partial charge in [0.2, 0.25) is 0 Å². The summed E-state index contributed by atoms with van der Waals surface area (Å²) >= 11 is 0. The van der Waals surface area contributed by atoms with E-state index in [4.69, 9.17) is 4.74 Å². The van der Waals surface area contributed by atoms with E-state index in [1.165, 1.54) is 41.5 Å². The van der Waals surface area contributed by atoms with Crippen LogP contribution in [0.15, 0.2) is 41.3 Å². The molecule has 0 spiro atoms. The summed E-state index contributed by atoms with van der Waals surface area (Å²) in [6.45, 7) is 4.02. The third kappa shape index (κ3) is 7.56. The normalized spacial score (nSPS) is 16.4. The number of hydrogen-bond donors (Lipinski definition) is 0. The third-order valence-electron chi connectivity index (χ3n) is 6.34. The topological polar surface area (TPSA) is 66.4 Å². The molecule has 15 heteroatoms. The zero-order valence-electron chi connectivity index (χ0n) is 22.3. The van der Waals surface area contributed by atoms with E-state index in [0.717, 1.165) is 25.7 Å². The van der Waals surface area contributed by atoms with Crippen molar-refractivity contribution in [1.29, 1.82) is 0 Å². The largest absolute Gasteiger partial charge is 0.743 e. The number of rotatable bonds is 12. The van der Waals surface area contributed by atoms with Crippen LogP contribution in [0.25, 0.3) is 10.8 Å². The van der Waals surface area contributed by atoms with Crippen LogP contribution in [0.5, 0.6) is 5.75 Å². The summed E-state index contributed by atoms with van der Waals surface area (Å²) in [7, 11) is -6.90. The summed E-state index contributed by atoms with van der Waals surface area (Å²) in [6, 6.07) is 13.5. The van der Waals surface area contributed by atoms with Crippen molar-refractivity contribution in [2.24, 2.45) is 0 Å². The second-order valence-electron chi connectivity index (χ2n) is 9.48. The van der Waals surface area contributed by atoms with E-state index in [0.29, 0.717) is 10.9 Å². The van der Waals surface area contributed by atoms with Gasteiger partial charge in [-0.15, -0.1) is 0 Å². The fraction of sp³-hybridized carbons (Fsp3) is 0.615. The molecule has 1 saturated heterocycles. The lowest BCUT2D eigenvalue weighted by atomic mass is 9.98. The predicted octanol–water partition coefficient (Wildman–Crippen LogP) is 7.96. The van der Waals surface area contributed by atoms with E-state index >= 15 is 0 Å². The van der Waals surface area contributed by atoms with E-state index in [-0.39, 0.29) is 0 Å². The van der Waals surface area contributed by atoms with Gasteiger partial charge >= 0.3 is 23.0 Å². The predicted molar refractivity (Wildman–Crippen MR) is 138 cm³/mol. The van der Waals surface area contributed by atoms with Gasteiger partial charge in [0.25, 0.3) is 0 Å². The van der Waals surface area contributed by atoms with Gasteiger partial charge in [-0.2, -0.15) is 35.1 Å². The Bertz CT molecular complexity index is 1250. The Morgan fingerprint density at radius 2 is 1.44 bits per heavy atom. The lowest BCUT2D eigenvalue weighted by Gasteiger charge is -2.38. The lowest BCUT2D eigenvalue weighted by Crippen LogP contribution is -2.66. The third-order valence-corrected chi connectivity index (χ3v) is 9.71. The van der Waals surface area contributed by atoms with Gasteiger partial charge in [-0.05, 0) is 60.7 Å². The summed E-state index contributed by atoms with van der Waals surface area (Å²) in [5, 5.41) is -4.41. The maximum absolute atomic E-state index is 13.0. The van der Waals surface area contributed by atoms with Gasteiger partial charge in [0.05, 0.1) is 6.61 Å². The van der Waals surface area contributed by atoms with Gasteiger partial charge in [0.15, 0.2) is 21.2 Å². The van der Waals surface area contributed by atoms with Crippen LogP contribution in [0.3, 0.4) is 0 Å². The molecular weight excluding hydrogens is 611 g/mol. The van der Waals surface area contributed by atoms with E-state index in [1.807, 2.05) is 0 Å². The van der Waals surface area contributed by atoms with Crippen LogP contribution in [0.1, 0.15) is 52.4 Å². The zero-order chi connectivity index (χ0) is 31.3. The number of ether oxygens (including phenoxy) is 1. The Labute approximate surface area is 235 Å². The minimum absolute atomic E-state index is 0.511. The molecule has 1 aliphatic heterocycles. The Morgan fingerprint density at radius 3 is 1.98 bits per heavy atom. The van der Waals surface area contributed by atoms with E-state index < -0.39 is 52.2 Å². The van der Waals surface area contributed by atoms with Crippen LogP contribution in [-0.2, 0) is 21.0 Å². The highest BCUT2D eigenvalue weighted by molar-refractivity contribution is 7.97. The van der Waals surface area contributed by atoms with E-state index in [2.05, 4.69) is 43.3 Å². The molecule has 2 aromatic carbocycles. The first kappa shape index (κ1) is 35.3. The molecule has 0 saturated carbocycles. The van der Waals surface area contributed by atoms with Gasteiger partial charge in [-0.25, -0.2) is 12.8 Å². The van der Waals surface area contributed by atoms with E-state index in [9.17, 15) is 52.5 Å². The summed E-state index contributed by atoms with van der Waals surface area (Å²) in [6.07, 6.45) is -0.729. The second-order valence-corrected chi connectivity index (χ2v) is 13.2. The molecule has 0 amide bonds. The Hall–Kier alpha value is -1.87. The number of hydrogen-bond acceptors (Lipinski definition) is 4. The Kier molecular flexibility index (Phi) is 11.7. The second kappa shape index (κ2) is 13.6. The maximum Gasteiger partial charge on any atom is 0.402 e. The van der Waals surface area contributed by atoms with Gasteiger partial charge in [0, 0.05) is 17.0 Å². The highest BCUT2D eigenvalue weighted by atomic mass is 32.2. The van der Waals surface area contributed by atoms with Crippen LogP contribution in [0.2, 0.25) is 0 Å². The molecule has 0 N–H and O–H groups in total. The van der Waals surface area contributed by atoms with Crippen molar-refractivity contribution in [2.75, 3.05) is 18.1 Å². The van der Waals surface area contributed by atoms with E-state index in [1.54, 1.807) is 4.90 Å². The summed E-state index contributed by atoms with van der Waals surface area (Å²) in [5.74, 6) is -17.0. The monoisotopic (exact) mass is 642 g/mol. The number of benzene rings is 2. The number of unbranched alkanes of at least 4 members (excludes halogenated alkanes) is 1. The number of halogens is 9. The molecule has 0 aromatic heterocycles. The minimum atomic E-state index is -7.41. The first-order valence-corrected chi connectivity index (χ1v) is 15.8. The minimum Gasteiger partial charge on any atom is -0.743 e. The van der Waals surface area contributed by atoms with Crippen molar-refractivity contribution >= 4 is 31.8 Å². The standard InChI is InChI=1S/C18H23OS.C8H9F9O3S/c1-2-3-10-19-17-8-6-16-14-18(9-7-15(16)13-17)20-11-4-5-12-20;1-2-3-4(9)5(10,11)6(12,13)7(14,15)8(16,17)21(18,19)20/h6-9,13-14H,2-5,10-12H2,1H3;4H,2-3H2,1H3,(H,18,19,20)/q+1;/p-1. The van der Waals surface area contributed by atoms with Crippen LogP contribution >= 0.6 is 0 Å². The molecule has 1 atom stereocenters. The first-order valence-electron chi connectivity index (χ1n) is 12.8. The smallest absolute Gasteiger partial charge is 0.402 e. The molecule has 3 rings (SSSR count). The SMILES string of the molecule is CCCC(F)C(F)(F)C(F)(F)C(F)(F)C(F)(F)S(=O)(=O)[O-].CCCCOc1ccc2cc([S+]3CCCC3)ccc2c1. The van der Waals surface area contributed by atoms with Gasteiger partial charge in [0.1, 0.15) is 17.3 Å². The van der Waals surface area contributed by atoms with Crippen LogP contribution in [0, 0.1) is 0 Å². The van der Waals surface area contributed by atoms with Crippen LogP contribution in [-0.4, -0.2) is 60.3 Å². The molecule has 4 nitrogen and oxygen atoms in total. The molecule has 1 heterocycles. The molecule has 1 aliphatic rings. The van der Waals surface area contributed by atoms with Crippen molar-refractivity contribution < 1.29 is 57.2 Å². The Balaban J connectivity index is 0.000000287. The molecule has 0 radical (unpaired) electrons. The molecule has 41 heavy (non-hydrogen) atoms. The average Bonchev–Trinajstić information content (AvgIpc) is 3.43. The van der Waals surface area contributed by atoms with Crippen molar-refractivity contribution in [3.63, 3.8) is 0 Å². The molecule has 2 aromatic rings. The van der Waals surface area contributed by atoms with Crippen LogP contribution in [0.4, 0.5) is 39.5 Å². The highest BCUT2D eigenvalue weighted by Gasteiger charge is 2.84. The molecule has 0 aliphatic carbocycles. The van der Waals surface area contributed by atoms with Crippen molar-refractivity contribution in [1.82, 2.24) is 0 Å². The summed E-state index contributed by atoms with van der Waals surface area (Å²) < 4.78 is 151. The van der Waals surface area contributed by atoms with Gasteiger partial charge in [-0.1, -0.05) is 32.8 Å². The summed E-state index contributed by atoms with van der Waals surface area (Å²) in [5.41, 5.74) is 0. The molecule has 234 valence electrons.